The molecule has 0 bridgehead atoms. The standard InChI is InChI=1S/C8H12N2/c1-2-4-7-5-3-6-8(9)10-7/h3,5-6H,2,4H2,1H3,(H2,9,10)/p+1. The highest BCUT2D eigenvalue weighted by Crippen LogP contribution is 1.96. The Hall–Kier alpha value is -1.05. The molecule has 2 heteroatoms. The van der Waals surface area contributed by atoms with Gasteiger partial charge in [0, 0.05) is 12.5 Å². The highest BCUT2D eigenvalue weighted by molar-refractivity contribution is 5.20. The topological polar surface area (TPSA) is 40.2 Å². The van der Waals surface area contributed by atoms with Crippen LogP contribution >= 0.6 is 0 Å². The van der Waals surface area contributed by atoms with E-state index in [1.165, 1.54) is 5.69 Å². The number of nitrogens with one attached hydrogen (secondary N) is 1. The Bertz CT molecular complexity index is 208. The van der Waals surface area contributed by atoms with Gasteiger partial charge in [-0.15, -0.1) is 0 Å². The Kier molecular flexibility index (Phi) is 2.26. The fraction of sp³-hybridized carbons (Fsp3) is 0.375. The van der Waals surface area contributed by atoms with E-state index >= 15 is 0 Å². The minimum absolute atomic E-state index is 0.742. The molecule has 0 saturated carbocycles. The van der Waals surface area contributed by atoms with Gasteiger partial charge in [0.2, 0.25) is 0 Å². The normalized spacial score (nSPS) is 9.70. The van der Waals surface area contributed by atoms with E-state index in [0.717, 1.165) is 18.7 Å². The first-order valence-electron chi connectivity index (χ1n) is 3.59. The van der Waals surface area contributed by atoms with Crippen molar-refractivity contribution in [1.29, 1.82) is 0 Å². The predicted molar refractivity (Wildman–Crippen MR) is 41.4 cm³/mol. The highest BCUT2D eigenvalue weighted by atomic mass is 14.8. The molecule has 0 amide bonds. The largest absolute Gasteiger partial charge is 0.287 e. The quantitative estimate of drug-likeness (QED) is 0.650. The molecule has 1 aromatic rings. The van der Waals surface area contributed by atoms with Crippen molar-refractivity contribution in [2.45, 2.75) is 19.8 Å². The summed E-state index contributed by atoms with van der Waals surface area (Å²) in [6, 6.07) is 5.88. The molecule has 0 fully saturated rings. The number of nitrogens with two attached hydrogens (primary N) is 1. The van der Waals surface area contributed by atoms with Crippen LogP contribution in [0.3, 0.4) is 0 Å². The van der Waals surface area contributed by atoms with Gasteiger partial charge in [0.05, 0.1) is 0 Å². The van der Waals surface area contributed by atoms with Crippen LogP contribution in [0.1, 0.15) is 19.0 Å². The van der Waals surface area contributed by atoms with Gasteiger partial charge >= 0.3 is 0 Å². The maximum Gasteiger partial charge on any atom is 0.270 e. The maximum atomic E-state index is 5.53. The number of H-pyrrole nitrogens is 1. The molecule has 0 aromatic carbocycles. The van der Waals surface area contributed by atoms with Gasteiger partial charge in [0.1, 0.15) is 5.69 Å². The molecule has 0 unspecified atom stereocenters. The van der Waals surface area contributed by atoms with Gasteiger partial charge < -0.3 is 0 Å². The average molecular weight is 137 g/mol. The van der Waals surface area contributed by atoms with Crippen molar-refractivity contribution >= 4 is 5.82 Å². The zero-order valence-corrected chi connectivity index (χ0v) is 6.22. The lowest BCUT2D eigenvalue weighted by Gasteiger charge is -1.92. The van der Waals surface area contributed by atoms with Crippen LogP contribution in [-0.4, -0.2) is 0 Å². The molecule has 0 aliphatic carbocycles. The van der Waals surface area contributed by atoms with Crippen molar-refractivity contribution < 1.29 is 4.98 Å². The third-order valence-electron chi connectivity index (χ3n) is 1.40. The first-order chi connectivity index (χ1) is 4.83. The van der Waals surface area contributed by atoms with Crippen LogP contribution in [0.2, 0.25) is 0 Å². The second-order valence-corrected chi connectivity index (χ2v) is 2.38. The van der Waals surface area contributed by atoms with Gasteiger partial charge in [-0.25, -0.2) is 4.98 Å². The fourth-order valence-corrected chi connectivity index (χ4v) is 0.952. The van der Waals surface area contributed by atoms with Gasteiger partial charge in [-0.2, -0.15) is 0 Å². The Morgan fingerprint density at radius 3 is 2.90 bits per heavy atom. The zero-order chi connectivity index (χ0) is 7.40. The molecule has 0 aliphatic heterocycles. The molecule has 10 heavy (non-hydrogen) atoms. The number of nitrogen functional groups attached to an aromatic ring is 1. The number of aryl methyl sites for hydroxylation is 1. The van der Waals surface area contributed by atoms with Gasteiger partial charge in [-0.1, -0.05) is 13.0 Å². The predicted octanol–water partition coefficient (Wildman–Crippen LogP) is 1.04. The SMILES string of the molecule is CCCc1cccc(N)[nH+]1. The second kappa shape index (κ2) is 3.20. The Morgan fingerprint density at radius 1 is 1.50 bits per heavy atom. The zero-order valence-electron chi connectivity index (χ0n) is 6.22. The molecule has 3 N–H and O–H groups in total. The number of aromatic nitrogens is 1. The van der Waals surface area contributed by atoms with E-state index < -0.39 is 0 Å². The van der Waals surface area contributed by atoms with Crippen LogP contribution in [0, 0.1) is 0 Å². The summed E-state index contributed by atoms with van der Waals surface area (Å²) in [7, 11) is 0. The lowest BCUT2D eigenvalue weighted by molar-refractivity contribution is -0.373. The van der Waals surface area contributed by atoms with Crippen LogP contribution in [0.5, 0.6) is 0 Å². The highest BCUT2D eigenvalue weighted by Gasteiger charge is 1.95. The first kappa shape index (κ1) is 7.06. The molecule has 1 rings (SSSR count). The lowest BCUT2D eigenvalue weighted by atomic mass is 10.2. The van der Waals surface area contributed by atoms with Crippen molar-refractivity contribution in [2.24, 2.45) is 0 Å². The lowest BCUT2D eigenvalue weighted by Crippen LogP contribution is -2.15. The van der Waals surface area contributed by atoms with E-state index in [0.29, 0.717) is 0 Å². The summed E-state index contributed by atoms with van der Waals surface area (Å²) in [4.78, 5) is 3.09. The van der Waals surface area contributed by atoms with Gasteiger partial charge in [-0.3, -0.25) is 5.73 Å². The molecule has 0 spiro atoms. The van der Waals surface area contributed by atoms with Crippen molar-refractivity contribution in [1.82, 2.24) is 0 Å². The van der Waals surface area contributed by atoms with Gasteiger partial charge in [-0.05, 0) is 12.5 Å². The summed E-state index contributed by atoms with van der Waals surface area (Å²) in [5, 5.41) is 0. The molecule has 0 aliphatic rings. The molecule has 0 saturated heterocycles. The summed E-state index contributed by atoms with van der Waals surface area (Å²) in [5.74, 6) is 0.742. The smallest absolute Gasteiger partial charge is 0.270 e. The van der Waals surface area contributed by atoms with Gasteiger partial charge in [0.25, 0.3) is 5.82 Å². The summed E-state index contributed by atoms with van der Waals surface area (Å²) in [5.41, 5.74) is 6.74. The van der Waals surface area contributed by atoms with Crippen LogP contribution in [0.25, 0.3) is 0 Å². The molecule has 0 atom stereocenters. The number of anilines is 1. The van der Waals surface area contributed by atoms with Crippen molar-refractivity contribution in [3.63, 3.8) is 0 Å². The number of rotatable bonds is 2. The van der Waals surface area contributed by atoms with Crippen molar-refractivity contribution in [3.8, 4) is 0 Å². The van der Waals surface area contributed by atoms with Crippen LogP contribution in [-0.2, 0) is 6.42 Å². The summed E-state index contributed by atoms with van der Waals surface area (Å²) < 4.78 is 0. The molecule has 2 nitrogen and oxygen atoms in total. The number of pyridine rings is 1. The third-order valence-corrected chi connectivity index (χ3v) is 1.40. The van der Waals surface area contributed by atoms with Gasteiger partial charge in [0.15, 0.2) is 0 Å². The molecule has 54 valence electrons. The van der Waals surface area contributed by atoms with E-state index in [1.807, 2.05) is 12.1 Å². The molecular weight excluding hydrogens is 124 g/mol. The average Bonchev–Trinajstić information content (AvgIpc) is 1.88. The van der Waals surface area contributed by atoms with Crippen molar-refractivity contribution in [2.75, 3.05) is 5.73 Å². The molecular formula is C8H13N2+. The summed E-state index contributed by atoms with van der Waals surface area (Å²) >= 11 is 0. The number of hydrogen-bond donors (Lipinski definition) is 1. The minimum Gasteiger partial charge on any atom is -0.287 e. The van der Waals surface area contributed by atoms with Crippen LogP contribution in [0.15, 0.2) is 18.2 Å². The summed E-state index contributed by atoms with van der Waals surface area (Å²) in [6.45, 7) is 2.15. The molecule has 1 heterocycles. The molecule has 1 aromatic heterocycles. The Labute approximate surface area is 61.1 Å². The maximum absolute atomic E-state index is 5.53. The fourth-order valence-electron chi connectivity index (χ4n) is 0.952. The van der Waals surface area contributed by atoms with E-state index in [4.69, 9.17) is 5.73 Å². The van der Waals surface area contributed by atoms with Crippen LogP contribution in [0.4, 0.5) is 5.82 Å². The van der Waals surface area contributed by atoms with E-state index in [2.05, 4.69) is 18.0 Å². The number of aromatic amines is 1. The van der Waals surface area contributed by atoms with E-state index in [1.54, 1.807) is 0 Å². The van der Waals surface area contributed by atoms with Crippen LogP contribution < -0.4 is 10.7 Å². The minimum atomic E-state index is 0.742. The first-order valence-corrected chi connectivity index (χ1v) is 3.59. The molecule has 0 radical (unpaired) electrons. The monoisotopic (exact) mass is 137 g/mol. The van der Waals surface area contributed by atoms with E-state index in [9.17, 15) is 0 Å². The summed E-state index contributed by atoms with van der Waals surface area (Å²) in [6.07, 6.45) is 2.23. The Morgan fingerprint density at radius 2 is 2.30 bits per heavy atom. The van der Waals surface area contributed by atoms with E-state index in [-0.39, 0.29) is 0 Å². The number of hydrogen-bond acceptors (Lipinski definition) is 1. The Balaban J connectivity index is 2.75. The van der Waals surface area contributed by atoms with Crippen molar-refractivity contribution in [3.05, 3.63) is 23.9 Å². The second-order valence-electron chi connectivity index (χ2n) is 2.38. The third kappa shape index (κ3) is 1.72.